The van der Waals surface area contributed by atoms with Crippen LogP contribution in [0.3, 0.4) is 0 Å². The molecule has 4 nitrogen and oxygen atoms in total. The number of carboxylic acid groups (broad SMARTS) is 1. The number of nitrogens with zero attached hydrogens (tertiary/aromatic N) is 1. The first-order valence-electron chi connectivity index (χ1n) is 4.66. The summed E-state index contributed by atoms with van der Waals surface area (Å²) in [5.74, 6) is 0.448. The fraction of sp³-hybridized carbons (Fsp3) is 0.889. The van der Waals surface area contributed by atoms with Crippen LogP contribution in [0.2, 0.25) is 0 Å². The second-order valence-electron chi connectivity index (χ2n) is 3.96. The van der Waals surface area contributed by atoms with Crippen molar-refractivity contribution in [3.63, 3.8) is 0 Å². The van der Waals surface area contributed by atoms with E-state index < -0.39 is 6.09 Å². The number of aliphatic hydroxyl groups is 1. The van der Waals surface area contributed by atoms with Crippen LogP contribution in [0.1, 0.15) is 20.3 Å². The molecule has 0 aromatic heterocycles. The van der Waals surface area contributed by atoms with Gasteiger partial charge in [0.25, 0.3) is 0 Å². The zero-order valence-electron chi connectivity index (χ0n) is 8.10. The molecular formula is C9H17NO3. The Balaban J connectivity index is 2.68. The molecule has 0 spiro atoms. The molecule has 3 atom stereocenters. The molecule has 4 heteroatoms. The van der Waals surface area contributed by atoms with Crippen molar-refractivity contribution in [3.05, 3.63) is 0 Å². The number of hydrogen-bond acceptors (Lipinski definition) is 2. The van der Waals surface area contributed by atoms with Crippen LogP contribution in [0.15, 0.2) is 0 Å². The summed E-state index contributed by atoms with van der Waals surface area (Å²) in [6.07, 6.45) is 0.0408. The Morgan fingerprint density at radius 3 is 2.62 bits per heavy atom. The summed E-state index contributed by atoms with van der Waals surface area (Å²) in [5.41, 5.74) is 0. The summed E-state index contributed by atoms with van der Waals surface area (Å²) < 4.78 is 0. The molecule has 1 aliphatic rings. The van der Waals surface area contributed by atoms with Gasteiger partial charge in [-0.2, -0.15) is 0 Å². The topological polar surface area (TPSA) is 60.8 Å². The Bertz CT molecular complexity index is 195. The van der Waals surface area contributed by atoms with Gasteiger partial charge in [-0.15, -0.1) is 0 Å². The third-order valence-corrected chi connectivity index (χ3v) is 2.87. The number of hydrogen-bond donors (Lipinski definition) is 2. The average molecular weight is 187 g/mol. The van der Waals surface area contributed by atoms with E-state index in [1.807, 2.05) is 13.8 Å². The Labute approximate surface area is 78.2 Å². The summed E-state index contributed by atoms with van der Waals surface area (Å²) in [6.45, 7) is 4.55. The molecule has 3 unspecified atom stereocenters. The largest absolute Gasteiger partial charge is 0.465 e. The van der Waals surface area contributed by atoms with E-state index in [-0.39, 0.29) is 18.6 Å². The number of aliphatic hydroxyl groups excluding tert-OH is 1. The SMILES string of the molecule is CC1CC(CO)C(C)N(C(=O)O)C1. The molecule has 1 saturated heterocycles. The van der Waals surface area contributed by atoms with Gasteiger partial charge in [-0.3, -0.25) is 0 Å². The molecule has 13 heavy (non-hydrogen) atoms. The third kappa shape index (κ3) is 2.12. The second-order valence-corrected chi connectivity index (χ2v) is 3.96. The Kier molecular flexibility index (Phi) is 3.14. The zero-order valence-corrected chi connectivity index (χ0v) is 8.10. The lowest BCUT2D eigenvalue weighted by molar-refractivity contribution is 0.0413. The molecule has 0 saturated carbocycles. The Morgan fingerprint density at radius 1 is 1.54 bits per heavy atom. The molecule has 1 fully saturated rings. The average Bonchev–Trinajstić information content (AvgIpc) is 2.08. The van der Waals surface area contributed by atoms with Crippen LogP contribution in [-0.4, -0.2) is 40.4 Å². The van der Waals surface area contributed by atoms with Crippen molar-refractivity contribution in [1.82, 2.24) is 4.90 Å². The smallest absolute Gasteiger partial charge is 0.407 e. The van der Waals surface area contributed by atoms with Gasteiger partial charge in [-0.1, -0.05) is 6.92 Å². The quantitative estimate of drug-likeness (QED) is 0.644. The summed E-state index contributed by atoms with van der Waals surface area (Å²) in [4.78, 5) is 12.2. The van der Waals surface area contributed by atoms with Crippen LogP contribution < -0.4 is 0 Å². The molecule has 2 N–H and O–H groups in total. The van der Waals surface area contributed by atoms with Gasteiger partial charge in [0.1, 0.15) is 0 Å². The van der Waals surface area contributed by atoms with Crippen LogP contribution >= 0.6 is 0 Å². The summed E-state index contributed by atoms with van der Waals surface area (Å²) in [6, 6.07) is -0.0568. The standard InChI is InChI=1S/C9H17NO3/c1-6-3-8(5-11)7(2)10(4-6)9(12)13/h6-8,11H,3-5H2,1-2H3,(H,12,13). The lowest BCUT2D eigenvalue weighted by Crippen LogP contribution is -2.50. The maximum absolute atomic E-state index is 10.8. The highest BCUT2D eigenvalue weighted by Crippen LogP contribution is 2.26. The molecule has 76 valence electrons. The van der Waals surface area contributed by atoms with Gasteiger partial charge < -0.3 is 15.1 Å². The molecule has 0 aromatic rings. The minimum Gasteiger partial charge on any atom is -0.465 e. The van der Waals surface area contributed by atoms with Crippen molar-refractivity contribution in [2.75, 3.05) is 13.2 Å². The number of likely N-dealkylation sites (tertiary alicyclic amines) is 1. The van der Waals surface area contributed by atoms with Crippen molar-refractivity contribution in [1.29, 1.82) is 0 Å². The second kappa shape index (κ2) is 3.96. The lowest BCUT2D eigenvalue weighted by Gasteiger charge is -2.39. The van der Waals surface area contributed by atoms with Crippen LogP contribution in [0.25, 0.3) is 0 Å². The number of amides is 1. The zero-order chi connectivity index (χ0) is 10.0. The molecule has 1 aliphatic heterocycles. The molecule has 0 radical (unpaired) electrons. The number of piperidine rings is 1. The summed E-state index contributed by atoms with van der Waals surface area (Å²) >= 11 is 0. The Morgan fingerprint density at radius 2 is 2.15 bits per heavy atom. The minimum absolute atomic E-state index is 0.0568. The van der Waals surface area contributed by atoms with E-state index in [9.17, 15) is 4.79 Å². The van der Waals surface area contributed by atoms with Gasteiger partial charge in [-0.25, -0.2) is 4.79 Å². The maximum atomic E-state index is 10.8. The number of carbonyl (C=O) groups is 1. The molecule has 1 heterocycles. The fourth-order valence-corrected chi connectivity index (χ4v) is 2.02. The van der Waals surface area contributed by atoms with Crippen LogP contribution in [0, 0.1) is 11.8 Å². The van der Waals surface area contributed by atoms with E-state index in [1.165, 1.54) is 4.90 Å². The molecule has 0 bridgehead atoms. The lowest BCUT2D eigenvalue weighted by atomic mass is 9.85. The highest BCUT2D eigenvalue weighted by molar-refractivity contribution is 5.65. The molecule has 0 aliphatic carbocycles. The van der Waals surface area contributed by atoms with Crippen molar-refractivity contribution >= 4 is 6.09 Å². The first-order valence-corrected chi connectivity index (χ1v) is 4.66. The predicted octanol–water partition coefficient (Wildman–Crippen LogP) is 1.00. The minimum atomic E-state index is -0.877. The molecular weight excluding hydrogens is 170 g/mol. The first kappa shape index (κ1) is 10.3. The normalized spacial score (nSPS) is 34.7. The van der Waals surface area contributed by atoms with Gasteiger partial charge in [-0.05, 0) is 19.3 Å². The highest BCUT2D eigenvalue weighted by atomic mass is 16.4. The van der Waals surface area contributed by atoms with Crippen molar-refractivity contribution in [2.45, 2.75) is 26.3 Å². The first-order chi connectivity index (χ1) is 6.06. The number of rotatable bonds is 1. The van der Waals surface area contributed by atoms with Gasteiger partial charge in [0.05, 0.1) is 0 Å². The predicted molar refractivity (Wildman–Crippen MR) is 48.5 cm³/mol. The van der Waals surface area contributed by atoms with E-state index in [2.05, 4.69) is 0 Å². The van der Waals surface area contributed by atoms with Crippen LogP contribution in [0.5, 0.6) is 0 Å². The van der Waals surface area contributed by atoms with E-state index in [1.54, 1.807) is 0 Å². The summed E-state index contributed by atoms with van der Waals surface area (Å²) in [5, 5.41) is 17.9. The van der Waals surface area contributed by atoms with Crippen LogP contribution in [0.4, 0.5) is 4.79 Å². The third-order valence-electron chi connectivity index (χ3n) is 2.87. The fourth-order valence-electron chi connectivity index (χ4n) is 2.02. The molecule has 1 amide bonds. The van der Waals surface area contributed by atoms with Crippen molar-refractivity contribution in [2.24, 2.45) is 11.8 Å². The molecule has 1 rings (SSSR count). The van der Waals surface area contributed by atoms with Gasteiger partial charge in [0.2, 0.25) is 0 Å². The van der Waals surface area contributed by atoms with E-state index in [4.69, 9.17) is 10.2 Å². The monoisotopic (exact) mass is 187 g/mol. The van der Waals surface area contributed by atoms with Crippen LogP contribution in [-0.2, 0) is 0 Å². The van der Waals surface area contributed by atoms with E-state index >= 15 is 0 Å². The van der Waals surface area contributed by atoms with Crippen molar-refractivity contribution < 1.29 is 15.0 Å². The summed E-state index contributed by atoms with van der Waals surface area (Å²) in [7, 11) is 0. The van der Waals surface area contributed by atoms with Gasteiger partial charge >= 0.3 is 6.09 Å². The van der Waals surface area contributed by atoms with Gasteiger partial charge in [0.15, 0.2) is 0 Å². The maximum Gasteiger partial charge on any atom is 0.407 e. The van der Waals surface area contributed by atoms with Gasteiger partial charge in [0, 0.05) is 25.1 Å². The molecule has 0 aromatic carbocycles. The highest BCUT2D eigenvalue weighted by Gasteiger charge is 2.33. The van der Waals surface area contributed by atoms with E-state index in [0.29, 0.717) is 12.5 Å². The van der Waals surface area contributed by atoms with Crippen molar-refractivity contribution in [3.8, 4) is 0 Å². The van der Waals surface area contributed by atoms with E-state index in [0.717, 1.165) is 6.42 Å². The Hall–Kier alpha value is -0.770.